The van der Waals surface area contributed by atoms with Crippen LogP contribution in [0.25, 0.3) is 0 Å². The predicted octanol–water partition coefficient (Wildman–Crippen LogP) is -0.430. The van der Waals surface area contributed by atoms with Crippen LogP contribution in [0.2, 0.25) is 0 Å². The van der Waals surface area contributed by atoms with Gasteiger partial charge < -0.3 is 50.1 Å². The molecular weight excluding hydrogens is 689 g/mol. The number of methoxy groups -OCH3 is 1. The van der Waals surface area contributed by atoms with Crippen molar-refractivity contribution in [2.75, 3.05) is 79.5 Å². The van der Waals surface area contributed by atoms with Crippen LogP contribution in [0.15, 0.2) is 0 Å². The number of hydrogen-bond donors (Lipinski definition) is 5. The topological polar surface area (TPSA) is 220 Å². The van der Waals surface area contributed by atoms with E-state index in [-0.39, 0.29) is 128 Å². The van der Waals surface area contributed by atoms with Crippen molar-refractivity contribution in [1.82, 2.24) is 26.2 Å². The highest BCUT2D eigenvalue weighted by Gasteiger charge is 2.41. The maximum absolute atomic E-state index is 12.7. The van der Waals surface area contributed by atoms with Gasteiger partial charge in [-0.05, 0) is 17.5 Å². The van der Waals surface area contributed by atoms with Crippen LogP contribution in [0.5, 0.6) is 0 Å². The van der Waals surface area contributed by atoms with Crippen LogP contribution in [-0.4, -0.2) is 155 Å². The minimum atomic E-state index is -0.827. The molecule has 5 N–H and O–H groups in total. The number of aliphatic hydroxyl groups excluding tert-OH is 1. The Hall–Kier alpha value is -2.97. The summed E-state index contributed by atoms with van der Waals surface area (Å²) in [5.41, 5.74) is 0. The van der Waals surface area contributed by atoms with Crippen LogP contribution in [0.3, 0.4) is 0 Å². The fourth-order valence-electron chi connectivity index (χ4n) is 4.61. The SMILES string of the molecule is [B]C(C)(CCC)SC1CC(=O)N(CCC(=O)NCCOCCOCCC(=O)NCCNC(=O)CCNC(=O)OCC(OC)OC(CC)CO)C1=O. The fourth-order valence-corrected chi connectivity index (χ4v) is 6.04. The molecule has 0 aromatic heterocycles. The molecule has 0 aromatic rings. The molecule has 1 rings (SSSR count). The van der Waals surface area contributed by atoms with E-state index in [2.05, 4.69) is 21.3 Å². The summed E-state index contributed by atoms with van der Waals surface area (Å²) in [5, 5.41) is 19.1. The highest BCUT2D eigenvalue weighted by Crippen LogP contribution is 2.36. The fraction of sp³-hybridized carbons (Fsp3) is 0.812. The zero-order valence-corrected chi connectivity index (χ0v) is 31.1. The largest absolute Gasteiger partial charge is 0.444 e. The number of ether oxygens (including phenoxy) is 5. The molecule has 0 saturated carbocycles. The van der Waals surface area contributed by atoms with Gasteiger partial charge in [-0.3, -0.25) is 28.9 Å². The van der Waals surface area contributed by atoms with Crippen molar-refractivity contribution in [3.8, 4) is 0 Å². The predicted molar refractivity (Wildman–Crippen MR) is 189 cm³/mol. The maximum atomic E-state index is 12.7. The van der Waals surface area contributed by atoms with Gasteiger partial charge in [0, 0.05) is 65.5 Å². The number of alkyl carbamates (subject to hydrolysis) is 1. The minimum absolute atomic E-state index is 0.00232. The van der Waals surface area contributed by atoms with Crippen LogP contribution in [0.4, 0.5) is 4.79 Å². The number of nitrogens with one attached hydrogen (secondary N) is 4. The molecule has 290 valence electrons. The number of imide groups is 1. The average Bonchev–Trinajstić information content (AvgIpc) is 3.35. The van der Waals surface area contributed by atoms with Gasteiger partial charge in [-0.15, -0.1) is 0 Å². The molecule has 0 spiro atoms. The number of amides is 6. The summed E-state index contributed by atoms with van der Waals surface area (Å²) in [6.07, 6.45) is 0.371. The molecule has 4 atom stereocenters. The molecule has 1 aliphatic heterocycles. The lowest BCUT2D eigenvalue weighted by Gasteiger charge is -2.26. The maximum Gasteiger partial charge on any atom is 0.407 e. The number of hydrogen-bond acceptors (Lipinski definition) is 13. The molecule has 0 bridgehead atoms. The number of likely N-dealkylation sites (tertiary alicyclic amines) is 1. The number of rotatable bonds is 29. The van der Waals surface area contributed by atoms with Crippen LogP contribution >= 0.6 is 11.8 Å². The van der Waals surface area contributed by atoms with Gasteiger partial charge >= 0.3 is 6.09 Å². The smallest absolute Gasteiger partial charge is 0.407 e. The first kappa shape index (κ1) is 46.1. The molecule has 0 aliphatic carbocycles. The summed E-state index contributed by atoms with van der Waals surface area (Å²) in [7, 11) is 7.62. The van der Waals surface area contributed by atoms with Crippen molar-refractivity contribution in [3.63, 3.8) is 0 Å². The Bertz CT molecular complexity index is 1090. The van der Waals surface area contributed by atoms with E-state index in [1.165, 1.54) is 18.9 Å². The lowest BCUT2D eigenvalue weighted by molar-refractivity contribution is -0.181. The molecule has 51 heavy (non-hydrogen) atoms. The van der Waals surface area contributed by atoms with E-state index in [4.69, 9.17) is 31.5 Å². The van der Waals surface area contributed by atoms with Crippen molar-refractivity contribution in [2.24, 2.45) is 0 Å². The Labute approximate surface area is 306 Å². The second kappa shape index (κ2) is 26.8. The molecular formula is C32H56BN5O12S. The lowest BCUT2D eigenvalue weighted by Crippen LogP contribution is -2.37. The molecule has 19 heteroatoms. The highest BCUT2D eigenvalue weighted by molar-refractivity contribution is 8.03. The van der Waals surface area contributed by atoms with Gasteiger partial charge in [0.2, 0.25) is 29.5 Å². The van der Waals surface area contributed by atoms with Crippen molar-refractivity contribution in [1.29, 1.82) is 0 Å². The van der Waals surface area contributed by atoms with Gasteiger partial charge in [0.15, 0.2) is 6.29 Å². The summed E-state index contributed by atoms with van der Waals surface area (Å²) in [5.74, 6) is -1.46. The van der Waals surface area contributed by atoms with Gasteiger partial charge in [-0.1, -0.05) is 27.2 Å². The molecule has 6 amide bonds. The third-order valence-corrected chi connectivity index (χ3v) is 8.74. The Balaban J connectivity index is 2.00. The molecule has 1 fully saturated rings. The first-order chi connectivity index (χ1) is 24.3. The van der Waals surface area contributed by atoms with E-state index in [1.54, 1.807) is 0 Å². The van der Waals surface area contributed by atoms with Gasteiger partial charge in [-0.2, -0.15) is 11.8 Å². The Morgan fingerprint density at radius 1 is 0.922 bits per heavy atom. The third-order valence-electron chi connectivity index (χ3n) is 7.34. The summed E-state index contributed by atoms with van der Waals surface area (Å²) in [6.45, 7) is 6.99. The van der Waals surface area contributed by atoms with Crippen molar-refractivity contribution < 1.29 is 57.6 Å². The number of aliphatic hydroxyl groups is 1. The first-order valence-corrected chi connectivity index (χ1v) is 18.2. The van der Waals surface area contributed by atoms with E-state index >= 15 is 0 Å². The quantitative estimate of drug-likeness (QED) is 0.0285. The zero-order valence-electron chi connectivity index (χ0n) is 30.3. The van der Waals surface area contributed by atoms with E-state index in [9.17, 15) is 33.9 Å². The van der Waals surface area contributed by atoms with E-state index in [1.807, 2.05) is 20.8 Å². The number of carbonyl (C=O) groups is 6. The van der Waals surface area contributed by atoms with Crippen LogP contribution in [-0.2, 0) is 47.7 Å². The van der Waals surface area contributed by atoms with Gasteiger partial charge in [0.1, 0.15) is 6.61 Å². The second-order valence-corrected chi connectivity index (χ2v) is 13.6. The summed E-state index contributed by atoms with van der Waals surface area (Å²) >= 11 is 1.31. The second-order valence-electron chi connectivity index (χ2n) is 11.8. The molecule has 1 saturated heterocycles. The summed E-state index contributed by atoms with van der Waals surface area (Å²) in [6, 6.07) is 0. The third kappa shape index (κ3) is 21.2. The van der Waals surface area contributed by atoms with Crippen LogP contribution < -0.4 is 21.3 Å². The lowest BCUT2D eigenvalue weighted by atomic mass is 9.84. The molecule has 17 nitrogen and oxygen atoms in total. The van der Waals surface area contributed by atoms with Gasteiger partial charge in [0.05, 0.1) is 52.2 Å². The monoisotopic (exact) mass is 745 g/mol. The highest BCUT2D eigenvalue weighted by atomic mass is 32.2. The first-order valence-electron chi connectivity index (χ1n) is 17.3. The van der Waals surface area contributed by atoms with E-state index < -0.39 is 28.4 Å². The van der Waals surface area contributed by atoms with Crippen molar-refractivity contribution >= 4 is 55.2 Å². The standard InChI is InChI=1S/C32H56BN5O12S/c1-5-10-32(3,33)51-24-20-28(43)38(30(24)44)15-8-26(41)36-14-17-48-19-18-47-16-9-27(42)35-13-12-34-25(40)7-11-37-31(45)49-22-29(46-4)50-23(6-2)21-39/h23-24,29,39H,5-22H2,1-4H3,(H,34,40)(H,35,42)(H,36,41)(H,37,45). The Morgan fingerprint density at radius 3 is 2.18 bits per heavy atom. The van der Waals surface area contributed by atoms with Crippen LogP contribution in [0, 0.1) is 0 Å². The molecule has 1 heterocycles. The number of nitrogens with zero attached hydrogens (tertiary/aromatic N) is 1. The van der Waals surface area contributed by atoms with Crippen LogP contribution in [0.1, 0.15) is 65.7 Å². The number of carbonyl (C=O) groups excluding carboxylic acids is 6. The van der Waals surface area contributed by atoms with Gasteiger partial charge in [0.25, 0.3) is 0 Å². The molecule has 4 unspecified atom stereocenters. The Kier molecular flexibility index (Phi) is 24.2. The normalized spacial score (nSPS) is 16.6. The van der Waals surface area contributed by atoms with Crippen molar-refractivity contribution in [3.05, 3.63) is 0 Å². The minimum Gasteiger partial charge on any atom is -0.444 e. The summed E-state index contributed by atoms with van der Waals surface area (Å²) < 4.78 is 25.7. The number of thioether (sulfide) groups is 1. The summed E-state index contributed by atoms with van der Waals surface area (Å²) in [4.78, 5) is 74.0. The van der Waals surface area contributed by atoms with E-state index in [0.717, 1.165) is 17.7 Å². The molecule has 1 aliphatic rings. The molecule has 0 aromatic carbocycles. The van der Waals surface area contributed by atoms with E-state index in [0.29, 0.717) is 6.42 Å². The zero-order chi connectivity index (χ0) is 38.1. The Morgan fingerprint density at radius 2 is 1.55 bits per heavy atom. The van der Waals surface area contributed by atoms with Crippen molar-refractivity contribution in [2.45, 2.75) is 88.0 Å². The van der Waals surface area contributed by atoms with Gasteiger partial charge in [-0.25, -0.2) is 4.79 Å². The molecule has 2 radical (unpaired) electrons. The average molecular weight is 746 g/mol.